The SMILES string of the molecule is [3H]C(=O)CCC(NC(=O)C(CCC(=O)NC(Cc1cnc[nH]1)C(N)=O)NC(=O)C(N)CCC(=O)[O-])C(N)=O.[Na+]. The molecule has 0 aliphatic rings. The number of aliphatic carboxylic acids is 1. The normalized spacial score (nSPS) is 13.9. The van der Waals surface area contributed by atoms with Gasteiger partial charge in [-0.1, -0.05) is 0 Å². The Bertz CT molecular complexity index is 1030. The molecule has 204 valence electrons. The Hall–Kier alpha value is -3.34. The minimum atomic E-state index is -1.45. The molecule has 0 radical (unpaired) electrons. The van der Waals surface area contributed by atoms with Crippen LogP contribution >= 0.6 is 0 Å². The Balaban J connectivity index is 0.0000144. The van der Waals surface area contributed by atoms with E-state index in [-0.39, 0.29) is 61.7 Å². The number of aldehydes is 1. The fourth-order valence-electron chi connectivity index (χ4n) is 3.09. The van der Waals surface area contributed by atoms with Gasteiger partial charge in [-0.2, -0.15) is 0 Å². The molecule has 4 atom stereocenters. The molecule has 1 aromatic rings. The molecule has 1 aromatic heterocycles. The van der Waals surface area contributed by atoms with E-state index in [0.717, 1.165) is 0 Å². The minimum absolute atomic E-state index is 0. The summed E-state index contributed by atoms with van der Waals surface area (Å²) in [7, 11) is 0. The zero-order valence-corrected chi connectivity index (χ0v) is 22.9. The summed E-state index contributed by atoms with van der Waals surface area (Å²) in [5, 5.41) is 17.6. The molecule has 1 rings (SSSR count). The van der Waals surface area contributed by atoms with Gasteiger partial charge >= 0.3 is 29.6 Å². The molecular formula is C21H31N8NaO8. The van der Waals surface area contributed by atoms with E-state index in [4.69, 9.17) is 18.6 Å². The third kappa shape index (κ3) is 13.3. The molecule has 5 amide bonds. The first-order valence-corrected chi connectivity index (χ1v) is 11.2. The van der Waals surface area contributed by atoms with Crippen molar-refractivity contribution >= 4 is 41.8 Å². The number of carbonyl (C=O) groups excluding carboxylic acids is 7. The third-order valence-electron chi connectivity index (χ3n) is 5.14. The van der Waals surface area contributed by atoms with E-state index >= 15 is 0 Å². The summed E-state index contributed by atoms with van der Waals surface area (Å²) < 4.78 is 6.95. The van der Waals surface area contributed by atoms with Crippen LogP contribution in [0.15, 0.2) is 12.5 Å². The molecule has 0 bridgehead atoms. The van der Waals surface area contributed by atoms with Crippen LogP contribution in [0.4, 0.5) is 0 Å². The van der Waals surface area contributed by atoms with E-state index in [2.05, 4.69) is 25.9 Å². The summed E-state index contributed by atoms with van der Waals surface area (Å²) in [6.45, 7) is 0. The van der Waals surface area contributed by atoms with Crippen molar-refractivity contribution in [3.63, 3.8) is 0 Å². The van der Waals surface area contributed by atoms with E-state index in [1.165, 1.54) is 12.5 Å². The zero-order chi connectivity index (χ0) is 28.8. The second-order valence-corrected chi connectivity index (χ2v) is 8.07. The van der Waals surface area contributed by atoms with E-state index in [1.807, 2.05) is 0 Å². The molecule has 1 heterocycles. The van der Waals surface area contributed by atoms with Crippen molar-refractivity contribution in [2.45, 2.75) is 69.1 Å². The van der Waals surface area contributed by atoms with Crippen molar-refractivity contribution in [3.05, 3.63) is 18.2 Å². The van der Waals surface area contributed by atoms with Gasteiger partial charge in [0.05, 0.1) is 12.4 Å². The van der Waals surface area contributed by atoms with Gasteiger partial charge in [0, 0.05) is 37.1 Å². The van der Waals surface area contributed by atoms with Gasteiger partial charge in [0.25, 0.3) is 0 Å². The summed E-state index contributed by atoms with van der Waals surface area (Å²) in [6.07, 6.45) is -0.384. The number of imidazole rings is 1. The monoisotopic (exact) mass is 548 g/mol. The maximum absolute atomic E-state index is 12.9. The molecular weight excluding hydrogens is 515 g/mol. The Labute approximate surface area is 241 Å². The molecule has 0 aromatic carbocycles. The average Bonchev–Trinajstić information content (AvgIpc) is 3.34. The summed E-state index contributed by atoms with van der Waals surface area (Å²) in [4.78, 5) is 89.4. The number of aromatic nitrogens is 2. The van der Waals surface area contributed by atoms with Crippen LogP contribution in [-0.4, -0.2) is 75.9 Å². The molecule has 0 saturated heterocycles. The van der Waals surface area contributed by atoms with Crippen LogP contribution in [0.5, 0.6) is 0 Å². The molecule has 0 spiro atoms. The molecule has 38 heavy (non-hydrogen) atoms. The first-order chi connectivity index (χ1) is 17.8. The van der Waals surface area contributed by atoms with Crippen LogP contribution in [-0.2, 0) is 40.0 Å². The molecule has 17 heteroatoms. The van der Waals surface area contributed by atoms with Crippen molar-refractivity contribution in [3.8, 4) is 0 Å². The number of amides is 5. The van der Waals surface area contributed by atoms with Crippen molar-refractivity contribution in [1.82, 2.24) is 25.9 Å². The Kier molecular flexibility index (Phi) is 15.5. The number of nitrogens with two attached hydrogens (primary N) is 3. The number of rotatable bonds is 18. The van der Waals surface area contributed by atoms with Crippen molar-refractivity contribution < 1.29 is 69.6 Å². The van der Waals surface area contributed by atoms with Gasteiger partial charge < -0.3 is 52.8 Å². The van der Waals surface area contributed by atoms with Crippen LogP contribution in [0, 0.1) is 0 Å². The Morgan fingerprint density at radius 2 is 1.61 bits per heavy atom. The van der Waals surface area contributed by atoms with Crippen LogP contribution in [0.25, 0.3) is 0 Å². The Morgan fingerprint density at radius 1 is 0.974 bits per heavy atom. The average molecular weight is 549 g/mol. The van der Waals surface area contributed by atoms with Crippen molar-refractivity contribution in [1.29, 1.82) is 0 Å². The number of carboxylic acids is 1. The number of primary amides is 2. The fourth-order valence-corrected chi connectivity index (χ4v) is 3.09. The quantitative estimate of drug-likeness (QED) is 0.0671. The number of nitrogens with zero attached hydrogens (tertiary/aromatic N) is 1. The van der Waals surface area contributed by atoms with Gasteiger partial charge in [-0.05, 0) is 25.7 Å². The van der Waals surface area contributed by atoms with Gasteiger partial charge in [-0.3, -0.25) is 24.0 Å². The van der Waals surface area contributed by atoms with Crippen LogP contribution in [0.1, 0.15) is 45.6 Å². The van der Waals surface area contributed by atoms with E-state index in [1.54, 1.807) is 0 Å². The summed E-state index contributed by atoms with van der Waals surface area (Å²) in [5.41, 5.74) is 16.8. The molecule has 10 N–H and O–H groups in total. The molecule has 0 aliphatic heterocycles. The predicted octanol–water partition coefficient (Wildman–Crippen LogP) is -8.00. The summed E-state index contributed by atoms with van der Waals surface area (Å²) >= 11 is 0. The number of carboxylic acid groups (broad SMARTS) is 1. The number of aromatic amines is 1. The van der Waals surface area contributed by atoms with Crippen LogP contribution in [0.3, 0.4) is 0 Å². The summed E-state index contributed by atoms with van der Waals surface area (Å²) in [5.74, 6) is -5.85. The van der Waals surface area contributed by atoms with Gasteiger partial charge in [0.2, 0.25) is 29.5 Å². The summed E-state index contributed by atoms with van der Waals surface area (Å²) in [6, 6.07) is -5.25. The van der Waals surface area contributed by atoms with Crippen LogP contribution in [0.2, 0.25) is 0 Å². The standard InChI is InChI=1S/C21H32N8O8.Na/c22-12(3-6-17(32)33)20(36)29-14(21(37)28-13(18(23)34)2-1-7-30)4-5-16(31)27-15(19(24)35)8-11-9-25-10-26-11;/h7,9-10,12-15H,1-6,8,22H2,(H2,23,34)(H2,24,35)(H,25,26)(H,27,31)(H,28,37)(H,29,36)(H,32,33);/q;+1/p-1/i7T;. The molecule has 16 nitrogen and oxygen atoms in total. The van der Waals surface area contributed by atoms with Gasteiger partial charge in [0.1, 0.15) is 25.8 Å². The second-order valence-electron chi connectivity index (χ2n) is 8.07. The minimum Gasteiger partial charge on any atom is -0.550 e. The molecule has 0 saturated carbocycles. The maximum atomic E-state index is 12.9. The fraction of sp³-hybridized carbons (Fsp3) is 0.524. The van der Waals surface area contributed by atoms with Crippen LogP contribution < -0.4 is 67.8 Å². The van der Waals surface area contributed by atoms with Gasteiger partial charge in [-0.25, -0.2) is 4.98 Å². The molecule has 4 unspecified atom stereocenters. The number of nitrogens with one attached hydrogen (secondary N) is 4. The number of carbonyl (C=O) groups is 7. The first kappa shape index (κ1) is 32.7. The molecule has 0 aliphatic carbocycles. The first-order valence-electron chi connectivity index (χ1n) is 11.7. The predicted molar refractivity (Wildman–Crippen MR) is 123 cm³/mol. The van der Waals surface area contributed by atoms with E-state index < -0.39 is 78.8 Å². The third-order valence-corrected chi connectivity index (χ3v) is 5.14. The smallest absolute Gasteiger partial charge is 0.550 e. The van der Waals surface area contributed by atoms with Gasteiger partial charge in [0.15, 0.2) is 0 Å². The topological polar surface area (TPSA) is 285 Å². The number of H-pyrrole nitrogens is 1. The number of hydrogen-bond acceptors (Lipinski definition) is 10. The van der Waals surface area contributed by atoms with Crippen molar-refractivity contribution in [2.75, 3.05) is 0 Å². The molecule has 0 fully saturated rings. The zero-order valence-electron chi connectivity index (χ0n) is 21.9. The second kappa shape index (κ2) is 18.0. The van der Waals surface area contributed by atoms with E-state index in [0.29, 0.717) is 5.69 Å². The Morgan fingerprint density at radius 3 is 2.13 bits per heavy atom. The largest absolute Gasteiger partial charge is 1.00 e. The van der Waals surface area contributed by atoms with E-state index in [9.17, 15) is 38.7 Å². The van der Waals surface area contributed by atoms with Gasteiger partial charge in [-0.15, -0.1) is 0 Å². The maximum Gasteiger partial charge on any atom is 1.00 e. The van der Waals surface area contributed by atoms with Crippen molar-refractivity contribution in [2.24, 2.45) is 17.2 Å². The number of hydrogen-bond donors (Lipinski definition) is 7.